The molecule has 1 saturated heterocycles. The van der Waals surface area contributed by atoms with E-state index in [9.17, 15) is 0 Å². The first-order valence-corrected chi connectivity index (χ1v) is 8.38. The summed E-state index contributed by atoms with van der Waals surface area (Å²) in [6.07, 6.45) is 4.17. The second-order valence-electron chi connectivity index (χ2n) is 6.85. The highest BCUT2D eigenvalue weighted by Crippen LogP contribution is 2.20. The van der Waals surface area contributed by atoms with Gasteiger partial charge in [-0.25, -0.2) is 9.67 Å². The van der Waals surface area contributed by atoms with E-state index in [2.05, 4.69) is 54.9 Å². The summed E-state index contributed by atoms with van der Waals surface area (Å²) < 4.78 is 2.05. The van der Waals surface area contributed by atoms with Crippen LogP contribution in [0.2, 0.25) is 0 Å². The monoisotopic (exact) mass is 293 g/mol. The number of hydrogen-bond donors (Lipinski definition) is 1. The lowest BCUT2D eigenvalue weighted by Crippen LogP contribution is -2.57. The van der Waals surface area contributed by atoms with Crippen LogP contribution in [0.15, 0.2) is 6.33 Å². The summed E-state index contributed by atoms with van der Waals surface area (Å²) in [5.74, 6) is 1.74. The molecule has 0 spiro atoms. The average Bonchev–Trinajstić information content (AvgIpc) is 2.87. The first kappa shape index (κ1) is 16.4. The van der Waals surface area contributed by atoms with E-state index in [0.29, 0.717) is 24.0 Å². The Bertz CT molecular complexity index is 426. The molecule has 0 bridgehead atoms. The Kier molecular flexibility index (Phi) is 5.76. The zero-order valence-electron chi connectivity index (χ0n) is 14.2. The second kappa shape index (κ2) is 7.36. The van der Waals surface area contributed by atoms with Gasteiger partial charge in [0, 0.05) is 31.2 Å². The normalized spacial score (nSPS) is 24.1. The van der Waals surface area contributed by atoms with E-state index in [4.69, 9.17) is 0 Å². The Labute approximate surface area is 129 Å². The standard InChI is InChI=1S/C16H31N5/c1-6-7-14-9-20(15(8-17-14)12(2)3)10-16-18-11-19-21(16)13(4)5/h11-15,17H,6-10H2,1-5H3. The zero-order chi connectivity index (χ0) is 15.4. The third-order valence-electron chi connectivity index (χ3n) is 4.43. The molecule has 1 aromatic rings. The van der Waals surface area contributed by atoms with Gasteiger partial charge < -0.3 is 5.32 Å². The van der Waals surface area contributed by atoms with Crippen molar-refractivity contribution in [3.63, 3.8) is 0 Å². The number of piperazine rings is 1. The van der Waals surface area contributed by atoms with Crippen molar-refractivity contribution >= 4 is 0 Å². The molecule has 0 aliphatic carbocycles. The molecule has 1 aromatic heterocycles. The van der Waals surface area contributed by atoms with E-state index < -0.39 is 0 Å². The lowest BCUT2D eigenvalue weighted by atomic mass is 9.97. The Hall–Kier alpha value is -0.940. The third kappa shape index (κ3) is 4.04. The summed E-state index contributed by atoms with van der Waals surface area (Å²) in [5, 5.41) is 8.08. The number of rotatable bonds is 6. The van der Waals surface area contributed by atoms with Crippen molar-refractivity contribution < 1.29 is 0 Å². The first-order valence-electron chi connectivity index (χ1n) is 8.38. The first-order chi connectivity index (χ1) is 10.0. The molecule has 2 atom stereocenters. The molecular weight excluding hydrogens is 262 g/mol. The molecule has 0 saturated carbocycles. The molecule has 2 rings (SSSR count). The minimum atomic E-state index is 0.370. The molecule has 120 valence electrons. The van der Waals surface area contributed by atoms with Gasteiger partial charge in [-0.05, 0) is 26.2 Å². The van der Waals surface area contributed by atoms with Gasteiger partial charge in [0.25, 0.3) is 0 Å². The summed E-state index contributed by atoms with van der Waals surface area (Å²) in [5.41, 5.74) is 0. The lowest BCUT2D eigenvalue weighted by Gasteiger charge is -2.42. The number of aromatic nitrogens is 3. The maximum Gasteiger partial charge on any atom is 0.141 e. The molecule has 2 unspecified atom stereocenters. The summed E-state index contributed by atoms with van der Waals surface area (Å²) in [6, 6.07) is 1.56. The zero-order valence-corrected chi connectivity index (χ0v) is 14.2. The Morgan fingerprint density at radius 2 is 2.10 bits per heavy atom. The number of nitrogens with one attached hydrogen (secondary N) is 1. The van der Waals surface area contributed by atoms with E-state index in [1.165, 1.54) is 12.8 Å². The van der Waals surface area contributed by atoms with Crippen LogP contribution in [0.25, 0.3) is 0 Å². The summed E-state index contributed by atoms with van der Waals surface area (Å²) in [6.45, 7) is 14.3. The maximum absolute atomic E-state index is 4.49. The van der Waals surface area contributed by atoms with E-state index in [0.717, 1.165) is 25.5 Å². The van der Waals surface area contributed by atoms with Gasteiger partial charge >= 0.3 is 0 Å². The largest absolute Gasteiger partial charge is 0.311 e. The Morgan fingerprint density at radius 3 is 2.71 bits per heavy atom. The smallest absolute Gasteiger partial charge is 0.141 e. The van der Waals surface area contributed by atoms with Crippen LogP contribution in [0.5, 0.6) is 0 Å². The molecule has 1 aliphatic rings. The van der Waals surface area contributed by atoms with Crippen molar-refractivity contribution in [1.29, 1.82) is 0 Å². The van der Waals surface area contributed by atoms with Crippen LogP contribution < -0.4 is 5.32 Å². The van der Waals surface area contributed by atoms with Gasteiger partial charge in [0.05, 0.1) is 6.54 Å². The van der Waals surface area contributed by atoms with E-state index in [-0.39, 0.29) is 0 Å². The van der Waals surface area contributed by atoms with Crippen LogP contribution in [0, 0.1) is 5.92 Å². The molecule has 1 aliphatic heterocycles. The fraction of sp³-hybridized carbons (Fsp3) is 0.875. The van der Waals surface area contributed by atoms with Crippen LogP contribution in [-0.4, -0.2) is 44.8 Å². The van der Waals surface area contributed by atoms with Crippen LogP contribution in [0.4, 0.5) is 0 Å². The SMILES string of the molecule is CCCC1CN(Cc2ncnn2C(C)C)C(C(C)C)CN1. The predicted molar refractivity (Wildman–Crippen MR) is 86.1 cm³/mol. The van der Waals surface area contributed by atoms with Crippen LogP contribution >= 0.6 is 0 Å². The van der Waals surface area contributed by atoms with Gasteiger partial charge in [0.15, 0.2) is 0 Å². The molecule has 0 amide bonds. The highest BCUT2D eigenvalue weighted by molar-refractivity contribution is 4.93. The minimum Gasteiger partial charge on any atom is -0.311 e. The van der Waals surface area contributed by atoms with Gasteiger partial charge in [-0.3, -0.25) is 4.90 Å². The second-order valence-corrected chi connectivity index (χ2v) is 6.85. The molecule has 1 N–H and O–H groups in total. The van der Waals surface area contributed by atoms with Crippen LogP contribution in [0.1, 0.15) is 59.3 Å². The Morgan fingerprint density at radius 1 is 1.33 bits per heavy atom. The summed E-state index contributed by atoms with van der Waals surface area (Å²) in [7, 11) is 0. The molecule has 0 radical (unpaired) electrons. The number of nitrogens with zero attached hydrogens (tertiary/aromatic N) is 4. The number of hydrogen-bond acceptors (Lipinski definition) is 4. The van der Waals surface area contributed by atoms with Crippen LogP contribution in [0.3, 0.4) is 0 Å². The highest BCUT2D eigenvalue weighted by Gasteiger charge is 2.30. The maximum atomic E-state index is 4.49. The molecule has 5 nitrogen and oxygen atoms in total. The summed E-state index contributed by atoms with van der Waals surface area (Å²) in [4.78, 5) is 7.09. The van der Waals surface area contributed by atoms with Gasteiger partial charge in [0.2, 0.25) is 0 Å². The molecule has 21 heavy (non-hydrogen) atoms. The van der Waals surface area contributed by atoms with E-state index >= 15 is 0 Å². The van der Waals surface area contributed by atoms with Crippen molar-refractivity contribution in [3.05, 3.63) is 12.2 Å². The van der Waals surface area contributed by atoms with E-state index in [1.807, 2.05) is 4.68 Å². The average molecular weight is 293 g/mol. The molecular formula is C16H31N5. The molecule has 5 heteroatoms. The topological polar surface area (TPSA) is 46.0 Å². The molecule has 1 fully saturated rings. The van der Waals surface area contributed by atoms with Crippen molar-refractivity contribution in [2.24, 2.45) is 5.92 Å². The molecule has 0 aromatic carbocycles. The van der Waals surface area contributed by atoms with Crippen molar-refractivity contribution in [3.8, 4) is 0 Å². The van der Waals surface area contributed by atoms with Crippen molar-refractivity contribution in [2.45, 2.75) is 72.1 Å². The lowest BCUT2D eigenvalue weighted by molar-refractivity contribution is 0.0840. The fourth-order valence-corrected chi connectivity index (χ4v) is 3.28. The van der Waals surface area contributed by atoms with Crippen LogP contribution in [-0.2, 0) is 6.54 Å². The van der Waals surface area contributed by atoms with Gasteiger partial charge in [-0.1, -0.05) is 27.2 Å². The third-order valence-corrected chi connectivity index (χ3v) is 4.43. The van der Waals surface area contributed by atoms with Crippen molar-refractivity contribution in [2.75, 3.05) is 13.1 Å². The van der Waals surface area contributed by atoms with Gasteiger partial charge in [-0.15, -0.1) is 0 Å². The summed E-state index contributed by atoms with van der Waals surface area (Å²) >= 11 is 0. The highest BCUT2D eigenvalue weighted by atomic mass is 15.4. The van der Waals surface area contributed by atoms with E-state index in [1.54, 1.807) is 6.33 Å². The molecule has 2 heterocycles. The van der Waals surface area contributed by atoms with Crippen molar-refractivity contribution in [1.82, 2.24) is 25.0 Å². The minimum absolute atomic E-state index is 0.370. The predicted octanol–water partition coefficient (Wildman–Crippen LogP) is 2.46. The fourth-order valence-electron chi connectivity index (χ4n) is 3.28. The van der Waals surface area contributed by atoms with Gasteiger partial charge in [0.1, 0.15) is 12.2 Å². The van der Waals surface area contributed by atoms with Gasteiger partial charge in [-0.2, -0.15) is 5.10 Å². The quantitative estimate of drug-likeness (QED) is 0.875. The Balaban J connectivity index is 2.10.